The number of nitrogens with zero attached hydrogens (tertiary/aromatic N) is 6. The van der Waals surface area contributed by atoms with Crippen LogP contribution < -0.4 is 13.7 Å². The van der Waals surface area contributed by atoms with Gasteiger partial charge in [-0.25, -0.2) is 13.7 Å². The zero-order valence-electron chi connectivity index (χ0n) is 54.1. The molecule has 0 saturated heterocycles. The van der Waals surface area contributed by atoms with E-state index in [1.165, 1.54) is 176 Å². The summed E-state index contributed by atoms with van der Waals surface area (Å²) in [6, 6.07) is 59.9. The lowest BCUT2D eigenvalue weighted by atomic mass is 9.87. The molecular formula is C80H89N6+3. The fourth-order valence-electron chi connectivity index (χ4n) is 14.5. The van der Waals surface area contributed by atoms with E-state index in [4.69, 9.17) is 0 Å². The molecule has 6 aromatic heterocycles. The van der Waals surface area contributed by atoms with Crippen LogP contribution in [0.3, 0.4) is 0 Å². The molecule has 0 N–H and O–H groups in total. The molecule has 1 fully saturated rings. The number of aryl methyl sites for hydroxylation is 10. The van der Waals surface area contributed by atoms with Crippen molar-refractivity contribution < 1.29 is 13.7 Å². The highest BCUT2D eigenvalue weighted by Gasteiger charge is 2.26. The number of rotatable bonds is 8. The largest absolute Gasteiger partial charge is 0.344 e. The molecule has 6 aromatic carbocycles. The molecule has 1 saturated carbocycles. The second kappa shape index (κ2) is 24.0. The lowest BCUT2D eigenvalue weighted by Gasteiger charge is -2.18. The summed E-state index contributed by atoms with van der Waals surface area (Å²) in [7, 11) is 13.0. The van der Waals surface area contributed by atoms with E-state index in [2.05, 4.69) is 321 Å². The van der Waals surface area contributed by atoms with E-state index in [-0.39, 0.29) is 5.41 Å². The van der Waals surface area contributed by atoms with E-state index in [0.29, 0.717) is 0 Å². The number of para-hydroxylation sites is 3. The highest BCUT2D eigenvalue weighted by molar-refractivity contribution is 5.94. The molecule has 0 amide bonds. The number of benzene rings is 6. The third kappa shape index (κ3) is 11.3. The Morgan fingerprint density at radius 3 is 1.51 bits per heavy atom. The fourth-order valence-corrected chi connectivity index (χ4v) is 14.5. The zero-order valence-corrected chi connectivity index (χ0v) is 54.1. The average molecular weight is 1130 g/mol. The summed E-state index contributed by atoms with van der Waals surface area (Å²) in [5, 5.41) is 3.95. The van der Waals surface area contributed by atoms with Gasteiger partial charge in [-0.2, -0.15) is 0 Å². The first-order chi connectivity index (χ1) is 41.2. The summed E-state index contributed by atoms with van der Waals surface area (Å²) in [6.45, 7) is 22.5. The molecule has 6 nitrogen and oxygen atoms in total. The Bertz CT molecular complexity index is 4420. The van der Waals surface area contributed by atoms with Gasteiger partial charge in [0.05, 0.1) is 11.4 Å². The number of hydrogen-bond donors (Lipinski definition) is 0. The second-order valence-electron chi connectivity index (χ2n) is 26.0. The van der Waals surface area contributed by atoms with Crippen LogP contribution in [0.25, 0.3) is 100 Å². The maximum absolute atomic E-state index is 2.36. The van der Waals surface area contributed by atoms with Crippen molar-refractivity contribution in [2.75, 3.05) is 0 Å². The zero-order chi connectivity index (χ0) is 60.9. The SMILES string of the molecule is Cc1c(-c2c(C)c3ccccc3n2C)cccc1-c1ccc(C2CCCC2)c[n+]1C.Cc1c(-c2cc3ccccc3n2C)cccc1-c1cc(CC(C)(C)C)cc[n+]1C.Cc1cc(C)c(-c2cccc(-c3c(C)c4ccccc4n3C)c2C)[n+](C)c1. The Morgan fingerprint density at radius 2 is 0.953 bits per heavy atom. The summed E-state index contributed by atoms with van der Waals surface area (Å²) in [4.78, 5) is 0. The summed E-state index contributed by atoms with van der Waals surface area (Å²) >= 11 is 0. The lowest BCUT2D eigenvalue weighted by molar-refractivity contribution is -0.661. The van der Waals surface area contributed by atoms with Gasteiger partial charge in [-0.3, -0.25) is 0 Å². The van der Waals surface area contributed by atoms with Crippen molar-refractivity contribution in [3.8, 4) is 67.5 Å². The van der Waals surface area contributed by atoms with Gasteiger partial charge in [-0.15, -0.1) is 0 Å². The van der Waals surface area contributed by atoms with Gasteiger partial charge >= 0.3 is 0 Å². The van der Waals surface area contributed by atoms with Crippen LogP contribution in [0.1, 0.15) is 102 Å². The first kappa shape index (κ1) is 59.1. The first-order valence-electron chi connectivity index (χ1n) is 31.1. The van der Waals surface area contributed by atoms with Crippen molar-refractivity contribution in [2.45, 2.75) is 107 Å². The maximum Gasteiger partial charge on any atom is 0.215 e. The van der Waals surface area contributed by atoms with Gasteiger partial charge in [0.25, 0.3) is 0 Å². The van der Waals surface area contributed by atoms with E-state index >= 15 is 0 Å². The van der Waals surface area contributed by atoms with Crippen LogP contribution in [-0.4, -0.2) is 13.7 Å². The Hall–Kier alpha value is -8.61. The number of pyridine rings is 3. The van der Waals surface area contributed by atoms with E-state index in [9.17, 15) is 0 Å². The maximum atomic E-state index is 2.36. The van der Waals surface area contributed by atoms with Crippen molar-refractivity contribution in [3.63, 3.8) is 0 Å². The molecule has 6 heteroatoms. The molecule has 0 bridgehead atoms. The number of aromatic nitrogens is 6. The first-order valence-corrected chi connectivity index (χ1v) is 31.1. The lowest BCUT2D eigenvalue weighted by Crippen LogP contribution is -2.32. The Balaban J connectivity index is 0.000000134. The van der Waals surface area contributed by atoms with E-state index in [1.54, 1.807) is 0 Å². The average Bonchev–Trinajstić information content (AvgIpc) is 1.78. The van der Waals surface area contributed by atoms with Crippen LogP contribution in [0.5, 0.6) is 0 Å². The number of hydrogen-bond acceptors (Lipinski definition) is 0. The van der Waals surface area contributed by atoms with Crippen molar-refractivity contribution in [1.82, 2.24) is 13.7 Å². The molecule has 1 aliphatic carbocycles. The molecule has 13 rings (SSSR count). The molecule has 436 valence electrons. The Kier molecular flexibility index (Phi) is 16.5. The smallest absolute Gasteiger partial charge is 0.215 e. The van der Waals surface area contributed by atoms with Gasteiger partial charge in [-0.1, -0.05) is 125 Å². The Morgan fingerprint density at radius 1 is 0.442 bits per heavy atom. The van der Waals surface area contributed by atoms with Gasteiger partial charge in [0.1, 0.15) is 21.1 Å². The molecule has 0 aliphatic heterocycles. The van der Waals surface area contributed by atoms with Crippen molar-refractivity contribution in [1.29, 1.82) is 0 Å². The predicted octanol–water partition coefficient (Wildman–Crippen LogP) is 18.4. The van der Waals surface area contributed by atoms with Crippen molar-refractivity contribution in [2.24, 2.45) is 47.7 Å². The highest BCUT2D eigenvalue weighted by Crippen LogP contribution is 2.41. The molecule has 0 unspecified atom stereocenters. The molecule has 0 radical (unpaired) electrons. The third-order valence-electron chi connectivity index (χ3n) is 18.8. The third-order valence-corrected chi connectivity index (χ3v) is 18.8. The summed E-state index contributed by atoms with van der Waals surface area (Å²) in [6.07, 6.45) is 13.3. The van der Waals surface area contributed by atoms with Crippen LogP contribution in [-0.2, 0) is 48.7 Å². The fraction of sp³-hybridized carbons (Fsp3) is 0.287. The molecule has 0 atom stereocenters. The topological polar surface area (TPSA) is 26.4 Å². The number of fused-ring (bicyclic) bond motifs is 3. The summed E-state index contributed by atoms with van der Waals surface area (Å²) in [5.74, 6) is 0.746. The summed E-state index contributed by atoms with van der Waals surface area (Å²) in [5.41, 5.74) is 31.9. The van der Waals surface area contributed by atoms with E-state index < -0.39 is 0 Å². The van der Waals surface area contributed by atoms with E-state index in [0.717, 1.165) is 12.3 Å². The van der Waals surface area contributed by atoms with Gasteiger partial charge in [0.2, 0.25) is 17.1 Å². The normalized spacial score (nSPS) is 12.7. The minimum atomic E-state index is 0.275. The van der Waals surface area contributed by atoms with Gasteiger partial charge in [-0.05, 0) is 167 Å². The van der Waals surface area contributed by atoms with E-state index in [1.807, 2.05) is 0 Å². The van der Waals surface area contributed by atoms with Gasteiger partial charge < -0.3 is 13.7 Å². The van der Waals surface area contributed by atoms with Crippen molar-refractivity contribution >= 4 is 32.7 Å². The van der Waals surface area contributed by atoms with Crippen molar-refractivity contribution in [3.05, 3.63) is 232 Å². The monoisotopic (exact) mass is 1130 g/mol. The summed E-state index contributed by atoms with van der Waals surface area (Å²) < 4.78 is 13.8. The second-order valence-corrected chi connectivity index (χ2v) is 26.0. The standard InChI is InChI=1S/C28H31N2.C27H31N2.C25H27N2/c1-19-23(26-17-16-22(18-29(26)3)21-10-5-6-11-21)13-9-14-25(19)28-20(2)24-12-7-8-15-27(24)30(28)4;1-19-22(25-16-20(14-15-28(25)5)18-27(2,3)4)11-9-12-23(19)26-17-21-10-7-8-13-24(21)29(26)6;1-16-14-17(2)24(26(5)15-16)21-11-9-12-22(18(21)3)25-19(4)20-10-7-8-13-23(20)27(25)6/h7-9,12-18,21H,5-6,10-11H2,1-4H3;7-17H,18H2,1-6H3;7-15H,1-6H3/q3*+1. The molecular weight excluding hydrogens is 1040 g/mol. The Labute approximate surface area is 512 Å². The molecule has 1 aliphatic rings. The quantitative estimate of drug-likeness (QED) is 0.136. The van der Waals surface area contributed by atoms with Crippen LogP contribution in [0, 0.1) is 53.9 Å². The minimum Gasteiger partial charge on any atom is -0.344 e. The molecule has 6 heterocycles. The van der Waals surface area contributed by atoms with Crippen LogP contribution >= 0.6 is 0 Å². The van der Waals surface area contributed by atoms with Crippen LogP contribution in [0.2, 0.25) is 0 Å². The van der Waals surface area contributed by atoms with Crippen LogP contribution in [0.15, 0.2) is 182 Å². The highest BCUT2D eigenvalue weighted by atomic mass is 15.0. The molecule has 12 aromatic rings. The molecule has 86 heavy (non-hydrogen) atoms. The van der Waals surface area contributed by atoms with Gasteiger partial charge in [0, 0.05) is 128 Å². The van der Waals surface area contributed by atoms with Gasteiger partial charge in [0.15, 0.2) is 18.6 Å². The predicted molar refractivity (Wildman–Crippen MR) is 362 cm³/mol. The van der Waals surface area contributed by atoms with Crippen LogP contribution in [0.4, 0.5) is 0 Å². The molecule has 0 spiro atoms. The minimum absolute atomic E-state index is 0.275.